The van der Waals surface area contributed by atoms with E-state index >= 15 is 0 Å². The first-order valence-corrected chi connectivity index (χ1v) is 7.12. The van der Waals surface area contributed by atoms with E-state index in [1.807, 2.05) is 13.8 Å². The van der Waals surface area contributed by atoms with Gasteiger partial charge in [-0.1, -0.05) is 13.8 Å². The van der Waals surface area contributed by atoms with Gasteiger partial charge in [0.1, 0.15) is 0 Å². The van der Waals surface area contributed by atoms with Crippen LogP contribution in [0.2, 0.25) is 0 Å². The van der Waals surface area contributed by atoms with Gasteiger partial charge in [0.15, 0.2) is 5.03 Å². The molecule has 0 fully saturated rings. The van der Waals surface area contributed by atoms with Crippen LogP contribution in [0.5, 0.6) is 0 Å². The van der Waals surface area contributed by atoms with Gasteiger partial charge in [-0.15, -0.1) is 0 Å². The van der Waals surface area contributed by atoms with Crippen molar-refractivity contribution in [2.24, 2.45) is 11.7 Å². The topological polar surface area (TPSA) is 92.1 Å². The molecule has 17 heavy (non-hydrogen) atoms. The van der Waals surface area contributed by atoms with Crippen molar-refractivity contribution in [3.05, 3.63) is 12.3 Å². The fourth-order valence-corrected chi connectivity index (χ4v) is 3.05. The maximum Gasteiger partial charge on any atom is 0.259 e. The second kappa shape index (κ2) is 6.13. The van der Waals surface area contributed by atoms with Crippen molar-refractivity contribution < 1.29 is 8.42 Å². The zero-order valence-electron chi connectivity index (χ0n) is 10.3. The Balaban J connectivity index is 2.88. The third kappa shape index (κ3) is 3.79. The summed E-state index contributed by atoms with van der Waals surface area (Å²) in [5.74, 6) is 0.269. The molecule has 0 radical (unpaired) electrons. The van der Waals surface area contributed by atoms with E-state index in [0.29, 0.717) is 26.1 Å². The van der Waals surface area contributed by atoms with Crippen LogP contribution in [-0.2, 0) is 10.0 Å². The van der Waals surface area contributed by atoms with Crippen LogP contribution in [0.1, 0.15) is 20.3 Å². The minimum Gasteiger partial charge on any atom is -0.330 e. The van der Waals surface area contributed by atoms with Gasteiger partial charge in [0.2, 0.25) is 0 Å². The molecule has 1 aromatic rings. The largest absolute Gasteiger partial charge is 0.330 e. The van der Waals surface area contributed by atoms with E-state index in [1.54, 1.807) is 0 Å². The molecule has 0 aliphatic rings. The van der Waals surface area contributed by atoms with Crippen molar-refractivity contribution in [3.63, 3.8) is 0 Å². The third-order valence-corrected chi connectivity index (χ3v) is 4.07. The third-order valence-electron chi connectivity index (χ3n) is 2.27. The lowest BCUT2D eigenvalue weighted by Crippen LogP contribution is -2.36. The van der Waals surface area contributed by atoms with E-state index in [2.05, 4.69) is 10.2 Å². The molecule has 0 amide bonds. The minimum atomic E-state index is -3.47. The summed E-state index contributed by atoms with van der Waals surface area (Å²) in [5.41, 5.74) is 5.43. The fraction of sp³-hybridized carbons (Fsp3) is 0.700. The molecule has 1 heterocycles. The van der Waals surface area contributed by atoms with Gasteiger partial charge in [-0.25, -0.2) is 8.42 Å². The Bertz CT molecular complexity index is 414. The minimum absolute atomic E-state index is 0.134. The molecular weight excluding hydrogens is 240 g/mol. The normalized spacial score (nSPS) is 12.5. The molecule has 0 bridgehead atoms. The molecule has 0 unspecified atom stereocenters. The number of nitrogens with one attached hydrogen (secondary N) is 1. The molecule has 0 aliphatic heterocycles. The molecule has 1 aromatic heterocycles. The Morgan fingerprint density at radius 2 is 2.24 bits per heavy atom. The Hall–Kier alpha value is -0.920. The van der Waals surface area contributed by atoms with Crippen LogP contribution in [0.15, 0.2) is 17.3 Å². The monoisotopic (exact) mass is 260 g/mol. The van der Waals surface area contributed by atoms with Gasteiger partial charge in [-0.3, -0.25) is 5.10 Å². The fourth-order valence-electron chi connectivity index (χ4n) is 1.51. The summed E-state index contributed by atoms with van der Waals surface area (Å²) in [6, 6.07) is 1.46. The second-order valence-corrected chi connectivity index (χ2v) is 6.23. The van der Waals surface area contributed by atoms with Gasteiger partial charge in [-0.2, -0.15) is 9.40 Å². The van der Waals surface area contributed by atoms with Crippen LogP contribution in [-0.4, -0.2) is 42.6 Å². The Kier molecular flexibility index (Phi) is 5.10. The number of aromatic nitrogens is 2. The van der Waals surface area contributed by atoms with E-state index < -0.39 is 10.0 Å². The van der Waals surface area contributed by atoms with Crippen molar-refractivity contribution in [2.75, 3.05) is 19.6 Å². The molecule has 3 N–H and O–H groups in total. The average Bonchev–Trinajstić information content (AvgIpc) is 2.77. The van der Waals surface area contributed by atoms with Crippen LogP contribution in [0.25, 0.3) is 0 Å². The van der Waals surface area contributed by atoms with Crippen molar-refractivity contribution >= 4 is 10.0 Å². The summed E-state index contributed by atoms with van der Waals surface area (Å²) < 4.78 is 26.0. The molecule has 1 rings (SSSR count). The smallest absolute Gasteiger partial charge is 0.259 e. The molecule has 0 atom stereocenters. The van der Waals surface area contributed by atoms with E-state index in [4.69, 9.17) is 5.73 Å². The van der Waals surface area contributed by atoms with Gasteiger partial charge in [0.05, 0.1) is 6.20 Å². The van der Waals surface area contributed by atoms with Gasteiger partial charge in [-0.05, 0) is 24.9 Å². The number of sulfonamides is 1. The lowest BCUT2D eigenvalue weighted by atomic mass is 10.2. The van der Waals surface area contributed by atoms with Crippen molar-refractivity contribution in [3.8, 4) is 0 Å². The van der Waals surface area contributed by atoms with Crippen molar-refractivity contribution in [1.29, 1.82) is 0 Å². The summed E-state index contributed by atoms with van der Waals surface area (Å²) >= 11 is 0. The predicted molar refractivity (Wildman–Crippen MR) is 65.9 cm³/mol. The first-order chi connectivity index (χ1) is 7.98. The van der Waals surface area contributed by atoms with Crippen molar-refractivity contribution in [2.45, 2.75) is 25.3 Å². The molecule has 0 aromatic carbocycles. The van der Waals surface area contributed by atoms with Crippen molar-refractivity contribution in [1.82, 2.24) is 14.5 Å². The lowest BCUT2D eigenvalue weighted by molar-refractivity contribution is 0.363. The summed E-state index contributed by atoms with van der Waals surface area (Å²) in [6.45, 7) is 5.38. The number of H-pyrrole nitrogens is 1. The van der Waals surface area contributed by atoms with Crippen LogP contribution in [0, 0.1) is 5.92 Å². The molecule has 0 saturated carbocycles. The number of nitrogens with two attached hydrogens (primary N) is 1. The van der Waals surface area contributed by atoms with Crippen LogP contribution < -0.4 is 5.73 Å². The molecule has 0 aliphatic carbocycles. The highest BCUT2D eigenvalue weighted by Crippen LogP contribution is 2.14. The molecule has 0 spiro atoms. The van der Waals surface area contributed by atoms with E-state index in [-0.39, 0.29) is 10.9 Å². The number of rotatable bonds is 7. The highest BCUT2D eigenvalue weighted by Gasteiger charge is 2.25. The summed E-state index contributed by atoms with van der Waals surface area (Å²) in [6.07, 6.45) is 2.09. The second-order valence-electron chi connectivity index (χ2n) is 4.32. The maximum atomic E-state index is 12.2. The number of hydrogen-bond acceptors (Lipinski definition) is 4. The SMILES string of the molecule is CC(C)CN(CCCN)S(=O)(=O)c1ccn[nH]1. The first-order valence-electron chi connectivity index (χ1n) is 5.68. The standard InChI is InChI=1S/C10H20N4O2S/c1-9(2)8-14(7-3-5-11)17(15,16)10-4-6-12-13-10/h4,6,9H,3,5,7-8,11H2,1-2H3,(H,12,13). The molecule has 98 valence electrons. The molecule has 7 heteroatoms. The predicted octanol–water partition coefficient (Wildman–Crippen LogP) is 0.405. The van der Waals surface area contributed by atoms with Crippen LogP contribution in [0.4, 0.5) is 0 Å². The maximum absolute atomic E-state index is 12.2. The molecule has 6 nitrogen and oxygen atoms in total. The summed E-state index contributed by atoms with van der Waals surface area (Å²) in [4.78, 5) is 0. The molecule has 0 saturated heterocycles. The quantitative estimate of drug-likeness (QED) is 0.742. The van der Waals surface area contributed by atoms with Crippen LogP contribution in [0.3, 0.4) is 0 Å². The van der Waals surface area contributed by atoms with Gasteiger partial charge in [0, 0.05) is 13.1 Å². The lowest BCUT2D eigenvalue weighted by Gasteiger charge is -2.22. The van der Waals surface area contributed by atoms with E-state index in [9.17, 15) is 8.42 Å². The average molecular weight is 260 g/mol. The highest BCUT2D eigenvalue weighted by molar-refractivity contribution is 7.89. The van der Waals surface area contributed by atoms with E-state index in [1.165, 1.54) is 16.6 Å². The number of nitrogens with zero attached hydrogens (tertiary/aromatic N) is 2. The van der Waals surface area contributed by atoms with E-state index in [0.717, 1.165) is 0 Å². The Morgan fingerprint density at radius 3 is 2.71 bits per heavy atom. The molecular formula is C10H20N4O2S. The zero-order chi connectivity index (χ0) is 12.9. The Morgan fingerprint density at radius 1 is 1.53 bits per heavy atom. The van der Waals surface area contributed by atoms with Crippen LogP contribution >= 0.6 is 0 Å². The van der Waals surface area contributed by atoms with Gasteiger partial charge in [0.25, 0.3) is 10.0 Å². The number of hydrogen-bond donors (Lipinski definition) is 2. The highest BCUT2D eigenvalue weighted by atomic mass is 32.2. The zero-order valence-corrected chi connectivity index (χ0v) is 11.1. The first kappa shape index (κ1) is 14.1. The van der Waals surface area contributed by atoms with Gasteiger partial charge < -0.3 is 5.73 Å². The van der Waals surface area contributed by atoms with Gasteiger partial charge >= 0.3 is 0 Å². The Labute approximate surface area is 102 Å². The summed E-state index contributed by atoms with van der Waals surface area (Å²) in [7, 11) is -3.47. The number of aromatic amines is 1. The summed E-state index contributed by atoms with van der Waals surface area (Å²) in [5, 5.41) is 6.31.